The van der Waals surface area contributed by atoms with Crippen LogP contribution in [0.15, 0.2) is 65.4 Å². The summed E-state index contributed by atoms with van der Waals surface area (Å²) in [6.45, 7) is 8.09. The van der Waals surface area contributed by atoms with Gasteiger partial charge < -0.3 is 11.1 Å². The maximum absolute atomic E-state index is 5.87. The number of nitrogens with two attached hydrogens (primary N) is 1. The average Bonchev–Trinajstić information content (AvgIpc) is 2.55. The molecule has 0 saturated heterocycles. The van der Waals surface area contributed by atoms with Crippen molar-refractivity contribution >= 4 is 22.9 Å². The van der Waals surface area contributed by atoms with Gasteiger partial charge >= 0.3 is 0 Å². The Morgan fingerprint density at radius 1 is 1.17 bits per heavy atom. The highest BCUT2D eigenvalue weighted by Crippen LogP contribution is 2.20. The zero-order valence-electron chi connectivity index (χ0n) is 14.7. The van der Waals surface area contributed by atoms with Crippen LogP contribution in [0.4, 0.5) is 11.4 Å². The van der Waals surface area contributed by atoms with Crippen LogP contribution in [-0.2, 0) is 0 Å². The fourth-order valence-corrected chi connectivity index (χ4v) is 2.14. The summed E-state index contributed by atoms with van der Waals surface area (Å²) < 4.78 is 0. The number of benzene rings is 1. The number of hydrogen-bond donors (Lipinski definition) is 2. The van der Waals surface area contributed by atoms with Crippen molar-refractivity contribution in [2.24, 2.45) is 4.99 Å². The second-order valence-electron chi connectivity index (χ2n) is 5.93. The predicted octanol–water partition coefficient (Wildman–Crippen LogP) is 4.81. The van der Waals surface area contributed by atoms with Crippen molar-refractivity contribution in [3.05, 3.63) is 71.6 Å². The maximum atomic E-state index is 5.87. The number of amidine groups is 1. The van der Waals surface area contributed by atoms with E-state index >= 15 is 0 Å². The molecule has 0 saturated carbocycles. The first-order valence-corrected chi connectivity index (χ1v) is 7.90. The van der Waals surface area contributed by atoms with E-state index in [4.69, 9.17) is 10.7 Å². The number of anilines is 2. The quantitative estimate of drug-likeness (QED) is 0.368. The number of aliphatic imine (C=N–C) groups is 1. The zero-order valence-corrected chi connectivity index (χ0v) is 14.7. The molecule has 2 rings (SSSR count). The van der Waals surface area contributed by atoms with E-state index in [-0.39, 0.29) is 0 Å². The number of pyridine rings is 1. The number of rotatable bonds is 4. The summed E-state index contributed by atoms with van der Waals surface area (Å²) in [7, 11) is 0. The molecule has 0 aliphatic carbocycles. The van der Waals surface area contributed by atoms with Crippen molar-refractivity contribution in [1.29, 1.82) is 0 Å². The summed E-state index contributed by atoms with van der Waals surface area (Å²) >= 11 is 0. The lowest BCUT2D eigenvalue weighted by Gasteiger charge is -2.11. The Morgan fingerprint density at radius 3 is 2.62 bits per heavy atom. The van der Waals surface area contributed by atoms with E-state index in [0.29, 0.717) is 0 Å². The van der Waals surface area contributed by atoms with Gasteiger partial charge in [0.2, 0.25) is 0 Å². The fourth-order valence-electron chi connectivity index (χ4n) is 2.14. The second-order valence-corrected chi connectivity index (χ2v) is 5.93. The molecular formula is C20H24N4. The SMILES string of the molecule is CC(C)=C/C=C(\N=C(C)Nc1cc(N)ccc1C)c1cccnc1. The summed E-state index contributed by atoms with van der Waals surface area (Å²) in [6.07, 6.45) is 7.62. The third-order valence-electron chi connectivity index (χ3n) is 3.40. The van der Waals surface area contributed by atoms with Crippen LogP contribution in [0.2, 0.25) is 0 Å². The monoisotopic (exact) mass is 320 g/mol. The zero-order chi connectivity index (χ0) is 17.5. The first-order chi connectivity index (χ1) is 11.5. The van der Waals surface area contributed by atoms with Crippen LogP contribution < -0.4 is 11.1 Å². The van der Waals surface area contributed by atoms with E-state index in [1.54, 1.807) is 6.20 Å². The minimum Gasteiger partial charge on any atom is -0.399 e. The normalized spacial score (nSPS) is 12.0. The van der Waals surface area contributed by atoms with Crippen molar-refractivity contribution in [3.8, 4) is 0 Å². The van der Waals surface area contributed by atoms with Crippen LogP contribution >= 0.6 is 0 Å². The molecule has 4 nitrogen and oxygen atoms in total. The van der Waals surface area contributed by atoms with E-state index in [1.165, 1.54) is 5.57 Å². The summed E-state index contributed by atoms with van der Waals surface area (Å²) in [5.41, 5.74) is 11.7. The molecule has 124 valence electrons. The molecule has 1 aromatic carbocycles. The molecule has 0 spiro atoms. The Labute approximate surface area is 143 Å². The van der Waals surface area contributed by atoms with E-state index in [0.717, 1.165) is 34.0 Å². The van der Waals surface area contributed by atoms with Crippen molar-refractivity contribution in [1.82, 2.24) is 4.98 Å². The summed E-state index contributed by atoms with van der Waals surface area (Å²) in [5, 5.41) is 3.33. The largest absolute Gasteiger partial charge is 0.399 e. The highest BCUT2D eigenvalue weighted by Gasteiger charge is 2.03. The minimum atomic E-state index is 0.725. The third kappa shape index (κ3) is 5.09. The van der Waals surface area contributed by atoms with Crippen molar-refractivity contribution in [2.45, 2.75) is 27.7 Å². The Kier molecular flexibility index (Phi) is 5.90. The van der Waals surface area contributed by atoms with Crippen LogP contribution in [0.5, 0.6) is 0 Å². The predicted molar refractivity (Wildman–Crippen MR) is 104 cm³/mol. The maximum Gasteiger partial charge on any atom is 0.103 e. The molecule has 0 amide bonds. The molecule has 24 heavy (non-hydrogen) atoms. The molecule has 3 N–H and O–H groups in total. The lowest BCUT2D eigenvalue weighted by atomic mass is 10.1. The Balaban J connectivity index is 2.33. The Morgan fingerprint density at radius 2 is 1.96 bits per heavy atom. The molecule has 0 aliphatic heterocycles. The molecule has 2 aromatic rings. The number of allylic oxidation sites excluding steroid dienone is 3. The first-order valence-electron chi connectivity index (χ1n) is 7.90. The number of hydrogen-bond acceptors (Lipinski definition) is 3. The number of nitrogens with one attached hydrogen (secondary N) is 1. The van der Waals surface area contributed by atoms with E-state index in [2.05, 4.69) is 24.1 Å². The Bertz CT molecular complexity index is 783. The first kappa shape index (κ1) is 17.5. The highest BCUT2D eigenvalue weighted by molar-refractivity contribution is 5.98. The Hall–Kier alpha value is -2.88. The van der Waals surface area contributed by atoms with Gasteiger partial charge in [-0.15, -0.1) is 0 Å². The number of nitrogen functional groups attached to an aromatic ring is 1. The van der Waals surface area contributed by atoms with E-state index < -0.39 is 0 Å². The lowest BCUT2D eigenvalue weighted by molar-refractivity contribution is 1.29. The smallest absolute Gasteiger partial charge is 0.103 e. The highest BCUT2D eigenvalue weighted by atomic mass is 15.0. The molecule has 4 heteroatoms. The molecule has 0 radical (unpaired) electrons. The van der Waals surface area contributed by atoms with Crippen LogP contribution in [0, 0.1) is 6.92 Å². The molecule has 0 unspecified atom stereocenters. The number of nitrogens with zero attached hydrogens (tertiary/aromatic N) is 2. The molecule has 1 aromatic heterocycles. The van der Waals surface area contributed by atoms with Gasteiger partial charge in [0, 0.05) is 29.3 Å². The van der Waals surface area contributed by atoms with Crippen LogP contribution in [-0.4, -0.2) is 10.8 Å². The van der Waals surface area contributed by atoms with Crippen molar-refractivity contribution in [3.63, 3.8) is 0 Å². The summed E-state index contributed by atoms with van der Waals surface area (Å²) in [5.74, 6) is 0.793. The third-order valence-corrected chi connectivity index (χ3v) is 3.40. The van der Waals surface area contributed by atoms with Crippen molar-refractivity contribution < 1.29 is 0 Å². The van der Waals surface area contributed by atoms with Crippen LogP contribution in [0.1, 0.15) is 31.9 Å². The molecule has 0 aliphatic rings. The average molecular weight is 320 g/mol. The minimum absolute atomic E-state index is 0.725. The molecule has 1 heterocycles. The number of aryl methyl sites for hydroxylation is 1. The number of aromatic nitrogens is 1. The molecular weight excluding hydrogens is 296 g/mol. The van der Waals surface area contributed by atoms with Gasteiger partial charge in [0.25, 0.3) is 0 Å². The molecule has 0 fully saturated rings. The van der Waals surface area contributed by atoms with Crippen LogP contribution in [0.3, 0.4) is 0 Å². The second kappa shape index (κ2) is 8.11. The molecule has 0 atom stereocenters. The fraction of sp³-hybridized carbons (Fsp3) is 0.200. The van der Waals surface area contributed by atoms with Gasteiger partial charge in [0.15, 0.2) is 0 Å². The van der Waals surface area contributed by atoms with Gasteiger partial charge in [-0.3, -0.25) is 4.98 Å². The van der Waals surface area contributed by atoms with E-state index in [1.807, 2.05) is 62.5 Å². The van der Waals surface area contributed by atoms with E-state index in [9.17, 15) is 0 Å². The van der Waals surface area contributed by atoms with Gasteiger partial charge in [-0.25, -0.2) is 4.99 Å². The topological polar surface area (TPSA) is 63.3 Å². The summed E-state index contributed by atoms with van der Waals surface area (Å²) in [6, 6.07) is 9.71. The summed E-state index contributed by atoms with van der Waals surface area (Å²) in [4.78, 5) is 8.91. The standard InChI is InChI=1S/C20H24N4/c1-14(2)7-10-19(17-6-5-11-22-13-17)23-16(4)24-20-12-18(21)9-8-15(20)3/h5-13H,21H2,1-4H3,(H,23,24)/b19-10-. The van der Waals surface area contributed by atoms with Gasteiger partial charge in [0.1, 0.15) is 5.84 Å². The van der Waals surface area contributed by atoms with Gasteiger partial charge in [-0.2, -0.15) is 0 Å². The van der Waals surface area contributed by atoms with Gasteiger partial charge in [-0.1, -0.05) is 17.7 Å². The lowest BCUT2D eigenvalue weighted by Crippen LogP contribution is -2.09. The van der Waals surface area contributed by atoms with Crippen LogP contribution in [0.25, 0.3) is 5.70 Å². The van der Waals surface area contributed by atoms with Crippen molar-refractivity contribution in [2.75, 3.05) is 11.1 Å². The van der Waals surface area contributed by atoms with Gasteiger partial charge in [-0.05, 0) is 63.6 Å². The molecule has 0 bridgehead atoms. The van der Waals surface area contributed by atoms with Gasteiger partial charge in [0.05, 0.1) is 5.70 Å².